The number of carbonyl (C=O) groups excluding carboxylic acids is 2. The number of aliphatic hydroxyl groups is 3. The number of thiophene rings is 1. The molecule has 0 aliphatic heterocycles. The molecule has 8 heteroatoms. The number of ketones is 1. The number of hydrogen-bond acceptors (Lipinski definition) is 7. The molecule has 4 aliphatic rings. The Morgan fingerprint density at radius 2 is 1.97 bits per heavy atom. The van der Waals surface area contributed by atoms with Crippen LogP contribution in [0.4, 0.5) is 0 Å². The summed E-state index contributed by atoms with van der Waals surface area (Å²) in [4.78, 5) is 29.5. The van der Waals surface area contributed by atoms with Gasteiger partial charge in [-0.1, -0.05) is 19.9 Å². The summed E-state index contributed by atoms with van der Waals surface area (Å²) in [6.45, 7) is 7.20. The van der Waals surface area contributed by atoms with Crippen LogP contribution in [0.2, 0.25) is 0 Å². The standard InChI is InChI=1S/C29H41NO6S/c1-17(30(11-12-36-4)26(34)25-6-5-13-37-25)18-8-10-29(35)20-14-22(31)21-15-23(32)24(33)16-27(21,2)19(20)7-9-28(18,29)3/h5-6,13-14,17-19,21,23-24,32-33,35H,7-12,15-16H2,1-4H3/t17?,18-,19?,21+,23-,24+,27-,28-,29-/m1/s1. The molecule has 1 amide bonds. The third-order valence-electron chi connectivity index (χ3n) is 10.8. The summed E-state index contributed by atoms with van der Waals surface area (Å²) in [5.74, 6) is -0.342. The van der Waals surface area contributed by atoms with Crippen molar-refractivity contribution in [3.8, 4) is 0 Å². The third kappa shape index (κ3) is 3.97. The van der Waals surface area contributed by atoms with Crippen LogP contribution in [-0.4, -0.2) is 76.0 Å². The zero-order valence-electron chi connectivity index (χ0n) is 22.4. The zero-order chi connectivity index (χ0) is 26.8. The molecule has 3 saturated carbocycles. The van der Waals surface area contributed by atoms with Crippen LogP contribution in [0.3, 0.4) is 0 Å². The molecule has 7 nitrogen and oxygen atoms in total. The molecule has 1 aromatic rings. The molecular formula is C29H41NO6S. The second-order valence-corrected chi connectivity index (χ2v) is 13.3. The third-order valence-corrected chi connectivity index (χ3v) is 11.7. The zero-order valence-corrected chi connectivity index (χ0v) is 23.2. The Kier molecular flexibility index (Phi) is 6.98. The maximum absolute atomic E-state index is 13.5. The fraction of sp³-hybridized carbons (Fsp3) is 0.724. The molecule has 204 valence electrons. The maximum Gasteiger partial charge on any atom is 0.264 e. The predicted octanol–water partition coefficient (Wildman–Crippen LogP) is 3.43. The molecule has 0 aromatic carbocycles. The van der Waals surface area contributed by atoms with Crippen molar-refractivity contribution in [1.82, 2.24) is 4.90 Å². The van der Waals surface area contributed by atoms with E-state index in [0.717, 1.165) is 24.8 Å². The largest absolute Gasteiger partial charge is 0.390 e. The van der Waals surface area contributed by atoms with Crippen molar-refractivity contribution < 1.29 is 29.6 Å². The van der Waals surface area contributed by atoms with E-state index in [1.54, 1.807) is 13.2 Å². The molecule has 9 atom stereocenters. The van der Waals surface area contributed by atoms with Gasteiger partial charge in [0.05, 0.1) is 29.3 Å². The first-order valence-corrected chi connectivity index (χ1v) is 14.5. The van der Waals surface area contributed by atoms with Crippen molar-refractivity contribution in [1.29, 1.82) is 0 Å². The second kappa shape index (κ2) is 9.56. The van der Waals surface area contributed by atoms with Crippen LogP contribution in [0.15, 0.2) is 29.2 Å². The lowest BCUT2D eigenvalue weighted by Crippen LogP contribution is -2.61. The number of nitrogens with zero attached hydrogens (tertiary/aromatic N) is 1. The number of allylic oxidation sites excluding steroid dienone is 1. The average molecular weight is 532 g/mol. The molecule has 3 fully saturated rings. The molecule has 4 aliphatic carbocycles. The number of hydrogen-bond donors (Lipinski definition) is 3. The number of ether oxygens (including phenoxy) is 1. The molecule has 37 heavy (non-hydrogen) atoms. The van der Waals surface area contributed by atoms with Crippen molar-refractivity contribution in [2.75, 3.05) is 20.3 Å². The summed E-state index contributed by atoms with van der Waals surface area (Å²) in [7, 11) is 1.64. The van der Waals surface area contributed by atoms with E-state index in [9.17, 15) is 24.9 Å². The molecule has 0 saturated heterocycles. The van der Waals surface area contributed by atoms with Gasteiger partial charge in [0.1, 0.15) is 0 Å². The van der Waals surface area contributed by atoms with E-state index in [0.29, 0.717) is 30.9 Å². The van der Waals surface area contributed by atoms with Gasteiger partial charge in [0, 0.05) is 31.0 Å². The van der Waals surface area contributed by atoms with Crippen LogP contribution in [0.1, 0.15) is 69.0 Å². The number of aliphatic hydroxyl groups excluding tert-OH is 2. The van der Waals surface area contributed by atoms with Crippen LogP contribution in [0.5, 0.6) is 0 Å². The second-order valence-electron chi connectivity index (χ2n) is 12.4. The SMILES string of the molecule is COCCN(C(=O)c1cccs1)C(C)[C@H]1CC[C@@]2(O)C3=CC(=O)[C@@H]4C[C@@H](O)[C@@H](O)C[C@]4(C)C3CC[C@]12C. The maximum atomic E-state index is 13.5. The van der Waals surface area contributed by atoms with E-state index in [4.69, 9.17) is 4.74 Å². The highest BCUT2D eigenvalue weighted by Gasteiger charge is 2.67. The normalized spacial score (nSPS) is 41.9. The lowest BCUT2D eigenvalue weighted by molar-refractivity contribution is -0.153. The Balaban J connectivity index is 1.47. The van der Waals surface area contributed by atoms with E-state index in [1.807, 2.05) is 22.4 Å². The number of rotatable bonds is 6. The van der Waals surface area contributed by atoms with Gasteiger partial charge in [-0.15, -0.1) is 11.3 Å². The van der Waals surface area contributed by atoms with Gasteiger partial charge in [0.2, 0.25) is 0 Å². The first kappa shape index (κ1) is 27.0. The molecule has 0 bridgehead atoms. The Hall–Kier alpha value is -1.58. The number of amides is 1. The summed E-state index contributed by atoms with van der Waals surface area (Å²) in [6, 6.07) is 3.62. The van der Waals surface area contributed by atoms with Gasteiger partial charge < -0.3 is 25.0 Å². The lowest BCUT2D eigenvalue weighted by Gasteiger charge is -2.60. The highest BCUT2D eigenvalue weighted by Crippen LogP contribution is 2.67. The topological polar surface area (TPSA) is 107 Å². The minimum Gasteiger partial charge on any atom is -0.390 e. The van der Waals surface area contributed by atoms with Gasteiger partial charge in [-0.2, -0.15) is 0 Å². The fourth-order valence-corrected chi connectivity index (χ4v) is 9.30. The van der Waals surface area contributed by atoms with E-state index in [-0.39, 0.29) is 41.9 Å². The Bertz CT molecular complexity index is 1070. The Labute approximate surface area is 223 Å². The first-order chi connectivity index (χ1) is 17.5. The van der Waals surface area contributed by atoms with Gasteiger partial charge in [-0.05, 0) is 85.8 Å². The van der Waals surface area contributed by atoms with Crippen LogP contribution in [0, 0.1) is 28.6 Å². The predicted molar refractivity (Wildman–Crippen MR) is 141 cm³/mol. The molecule has 2 unspecified atom stereocenters. The van der Waals surface area contributed by atoms with Gasteiger partial charge in [-0.3, -0.25) is 9.59 Å². The Morgan fingerprint density at radius 1 is 1.22 bits per heavy atom. The summed E-state index contributed by atoms with van der Waals surface area (Å²) in [5, 5.41) is 35.2. The molecule has 1 heterocycles. The van der Waals surface area contributed by atoms with E-state index >= 15 is 0 Å². The summed E-state index contributed by atoms with van der Waals surface area (Å²) >= 11 is 1.43. The van der Waals surface area contributed by atoms with Crippen LogP contribution < -0.4 is 0 Å². The molecular weight excluding hydrogens is 490 g/mol. The van der Waals surface area contributed by atoms with Crippen LogP contribution in [-0.2, 0) is 9.53 Å². The van der Waals surface area contributed by atoms with E-state index in [2.05, 4.69) is 20.8 Å². The van der Waals surface area contributed by atoms with Gasteiger partial charge in [-0.25, -0.2) is 0 Å². The molecule has 3 N–H and O–H groups in total. The minimum absolute atomic E-state index is 0.00978. The van der Waals surface area contributed by atoms with Gasteiger partial charge in [0.15, 0.2) is 5.78 Å². The van der Waals surface area contributed by atoms with Crippen molar-refractivity contribution in [2.24, 2.45) is 28.6 Å². The fourth-order valence-electron chi connectivity index (χ4n) is 8.62. The summed E-state index contributed by atoms with van der Waals surface area (Å²) in [5.41, 5.74) is -1.30. The van der Waals surface area contributed by atoms with Crippen LogP contribution >= 0.6 is 11.3 Å². The summed E-state index contributed by atoms with van der Waals surface area (Å²) < 4.78 is 5.34. The number of methoxy groups -OCH3 is 1. The number of carbonyl (C=O) groups is 2. The molecule has 0 spiro atoms. The van der Waals surface area contributed by atoms with Gasteiger partial charge in [0.25, 0.3) is 5.91 Å². The van der Waals surface area contributed by atoms with Crippen molar-refractivity contribution >= 4 is 23.0 Å². The van der Waals surface area contributed by atoms with E-state index < -0.39 is 28.6 Å². The molecule has 0 radical (unpaired) electrons. The smallest absolute Gasteiger partial charge is 0.264 e. The summed E-state index contributed by atoms with van der Waals surface area (Å²) in [6.07, 6.45) is 3.47. The highest BCUT2D eigenvalue weighted by molar-refractivity contribution is 7.12. The van der Waals surface area contributed by atoms with Crippen molar-refractivity contribution in [2.45, 2.75) is 83.1 Å². The molecule has 1 aromatic heterocycles. The van der Waals surface area contributed by atoms with Gasteiger partial charge >= 0.3 is 0 Å². The highest BCUT2D eigenvalue weighted by atomic mass is 32.1. The number of fused-ring (bicyclic) bond motifs is 5. The quantitative estimate of drug-likeness (QED) is 0.519. The first-order valence-electron chi connectivity index (χ1n) is 13.7. The van der Waals surface area contributed by atoms with E-state index in [1.165, 1.54) is 11.3 Å². The van der Waals surface area contributed by atoms with Crippen LogP contribution in [0.25, 0.3) is 0 Å². The monoisotopic (exact) mass is 531 g/mol. The van der Waals surface area contributed by atoms with Crippen molar-refractivity contribution in [3.63, 3.8) is 0 Å². The van der Waals surface area contributed by atoms with Crippen molar-refractivity contribution in [3.05, 3.63) is 34.0 Å². The molecule has 5 rings (SSSR count). The Morgan fingerprint density at radius 3 is 2.65 bits per heavy atom. The minimum atomic E-state index is -1.14. The lowest BCUT2D eigenvalue weighted by atomic mass is 9.46. The average Bonchev–Trinajstić information content (AvgIpc) is 3.48.